The second-order valence-electron chi connectivity index (χ2n) is 27.1. The van der Waals surface area contributed by atoms with Gasteiger partial charge in [0.05, 0.1) is 26.4 Å². The second kappa shape index (κ2) is 65.0. The fraction of sp³-hybridized carbons (Fsp3) is 0.945. The first-order valence-electron chi connectivity index (χ1n) is 38.0. The fourth-order valence-electron chi connectivity index (χ4n) is 11.1. The van der Waals surface area contributed by atoms with Crippen molar-refractivity contribution in [3.63, 3.8) is 0 Å². The van der Waals surface area contributed by atoms with Crippen LogP contribution < -0.4 is 0 Å². The first kappa shape index (κ1) is 90.1. The number of rotatable bonds is 72. The van der Waals surface area contributed by atoms with Crippen LogP contribution in [0.5, 0.6) is 0 Å². The maximum absolute atomic E-state index is 13.1. The van der Waals surface area contributed by atoms with Gasteiger partial charge in [0, 0.05) is 25.7 Å². The van der Waals surface area contributed by atoms with Gasteiger partial charge in [-0.2, -0.15) is 0 Å². The highest BCUT2D eigenvalue weighted by molar-refractivity contribution is 7.47. The number of carbonyl (C=O) groups excluding carboxylic acids is 4. The molecule has 0 radical (unpaired) electrons. The van der Waals surface area contributed by atoms with Crippen molar-refractivity contribution < 1.29 is 80.2 Å². The van der Waals surface area contributed by atoms with Crippen molar-refractivity contribution in [3.05, 3.63) is 0 Å². The number of aliphatic hydroxyl groups excluding tert-OH is 1. The molecular weight excluding hydrogens is 1210 g/mol. The molecule has 0 aliphatic carbocycles. The monoisotopic (exact) mass is 1350 g/mol. The van der Waals surface area contributed by atoms with Crippen molar-refractivity contribution in [1.29, 1.82) is 0 Å². The van der Waals surface area contributed by atoms with E-state index in [1.807, 2.05) is 0 Å². The van der Waals surface area contributed by atoms with Gasteiger partial charge in [-0.1, -0.05) is 324 Å². The lowest BCUT2D eigenvalue weighted by atomic mass is 9.99. The van der Waals surface area contributed by atoms with Crippen molar-refractivity contribution >= 4 is 39.5 Å². The number of esters is 4. The molecule has 0 saturated heterocycles. The number of aliphatic hydroxyl groups is 1. The van der Waals surface area contributed by atoms with Crippen LogP contribution in [0.1, 0.15) is 375 Å². The lowest BCUT2D eigenvalue weighted by Gasteiger charge is -2.21. The van der Waals surface area contributed by atoms with Gasteiger partial charge in [-0.25, -0.2) is 9.13 Å². The topological polar surface area (TPSA) is 237 Å². The highest BCUT2D eigenvalue weighted by Crippen LogP contribution is 2.45. The number of phosphoric acid groups is 2. The number of unbranched alkanes of at least 4 members (excludes halogenated alkanes) is 41. The molecule has 0 heterocycles. The average Bonchev–Trinajstić information content (AvgIpc) is 3.03. The molecule has 0 aromatic rings. The van der Waals surface area contributed by atoms with Gasteiger partial charge < -0.3 is 33.8 Å². The van der Waals surface area contributed by atoms with Crippen molar-refractivity contribution in [2.75, 3.05) is 39.6 Å². The third-order valence-corrected chi connectivity index (χ3v) is 19.2. The number of carbonyl (C=O) groups is 4. The van der Waals surface area contributed by atoms with E-state index < -0.39 is 97.5 Å². The summed E-state index contributed by atoms with van der Waals surface area (Å²) in [6.45, 7) is 9.51. The molecular formula is C73H142O17P2. The summed E-state index contributed by atoms with van der Waals surface area (Å²) in [7, 11) is -9.90. The molecule has 0 saturated carbocycles. The summed E-state index contributed by atoms with van der Waals surface area (Å²) >= 11 is 0. The molecule has 0 bridgehead atoms. The van der Waals surface area contributed by atoms with E-state index in [-0.39, 0.29) is 25.7 Å². The lowest BCUT2D eigenvalue weighted by molar-refractivity contribution is -0.161. The largest absolute Gasteiger partial charge is 0.472 e. The zero-order chi connectivity index (χ0) is 67.9. The Morgan fingerprint density at radius 3 is 0.826 bits per heavy atom. The molecule has 17 nitrogen and oxygen atoms in total. The Balaban J connectivity index is 5.15. The zero-order valence-corrected chi connectivity index (χ0v) is 61.6. The van der Waals surface area contributed by atoms with Gasteiger partial charge in [0.1, 0.15) is 19.3 Å². The quantitative estimate of drug-likeness (QED) is 0.0222. The average molecular weight is 1350 g/mol. The normalized spacial score (nSPS) is 14.4. The highest BCUT2D eigenvalue weighted by Gasteiger charge is 2.30. The van der Waals surface area contributed by atoms with Crippen LogP contribution in [0.3, 0.4) is 0 Å². The third-order valence-electron chi connectivity index (χ3n) is 17.3. The van der Waals surface area contributed by atoms with Crippen LogP contribution in [0.4, 0.5) is 0 Å². The molecule has 19 heteroatoms. The minimum Gasteiger partial charge on any atom is -0.462 e. The Hall–Kier alpha value is -1.94. The van der Waals surface area contributed by atoms with E-state index in [4.69, 9.17) is 37.0 Å². The van der Waals surface area contributed by atoms with Crippen molar-refractivity contribution in [2.24, 2.45) is 11.8 Å². The summed E-state index contributed by atoms with van der Waals surface area (Å²) in [5, 5.41) is 10.6. The lowest BCUT2D eigenvalue weighted by Crippen LogP contribution is -2.30. The minimum absolute atomic E-state index is 0.104. The molecule has 6 atom stereocenters. The van der Waals surface area contributed by atoms with Gasteiger partial charge in [-0.15, -0.1) is 0 Å². The summed E-state index contributed by atoms with van der Waals surface area (Å²) in [5.74, 6) is -0.548. The molecule has 3 unspecified atom stereocenters. The van der Waals surface area contributed by atoms with E-state index in [0.717, 1.165) is 108 Å². The minimum atomic E-state index is -4.95. The van der Waals surface area contributed by atoms with E-state index in [0.29, 0.717) is 25.7 Å². The van der Waals surface area contributed by atoms with E-state index in [9.17, 15) is 43.2 Å². The number of ether oxygens (including phenoxy) is 4. The summed E-state index contributed by atoms with van der Waals surface area (Å²) in [5.41, 5.74) is 0. The van der Waals surface area contributed by atoms with Gasteiger partial charge in [0.2, 0.25) is 0 Å². The van der Waals surface area contributed by atoms with Crippen LogP contribution in [-0.4, -0.2) is 96.7 Å². The first-order valence-corrected chi connectivity index (χ1v) is 41.0. The van der Waals surface area contributed by atoms with Gasteiger partial charge in [0.25, 0.3) is 0 Å². The fourth-order valence-corrected chi connectivity index (χ4v) is 12.7. The third kappa shape index (κ3) is 65.4. The molecule has 0 aromatic heterocycles. The van der Waals surface area contributed by atoms with E-state index in [1.54, 1.807) is 0 Å². The van der Waals surface area contributed by atoms with Crippen LogP contribution in [0, 0.1) is 11.8 Å². The zero-order valence-electron chi connectivity index (χ0n) is 59.9. The van der Waals surface area contributed by atoms with Crippen molar-refractivity contribution in [1.82, 2.24) is 0 Å². The molecule has 0 amide bonds. The molecule has 3 N–H and O–H groups in total. The van der Waals surface area contributed by atoms with Crippen molar-refractivity contribution in [3.8, 4) is 0 Å². The smallest absolute Gasteiger partial charge is 0.462 e. The molecule has 0 aromatic carbocycles. The Morgan fingerprint density at radius 1 is 0.315 bits per heavy atom. The SMILES string of the molecule is CCCCCCCCCCCCCCCCCCCC(=O)OC[C@H](COP(=O)(O)OC[C@@H](O)COP(=O)(O)OC[C@@H](COC(=O)CCCCCCC)OC(=O)CCCCCCCCCCCC(C)C)OC(=O)CCCCCCCCCCCCCCCCC(C)CC. The number of hydrogen-bond acceptors (Lipinski definition) is 15. The Labute approximate surface area is 562 Å². The maximum Gasteiger partial charge on any atom is 0.472 e. The maximum atomic E-state index is 13.1. The van der Waals surface area contributed by atoms with Gasteiger partial charge in [0.15, 0.2) is 12.2 Å². The molecule has 0 rings (SSSR count). The second-order valence-corrected chi connectivity index (χ2v) is 30.0. The first-order chi connectivity index (χ1) is 44.4. The molecule has 546 valence electrons. The van der Waals surface area contributed by atoms with Crippen molar-refractivity contribution in [2.45, 2.75) is 394 Å². The Bertz CT molecular complexity index is 1790. The van der Waals surface area contributed by atoms with Crippen LogP contribution in [-0.2, 0) is 65.4 Å². The Kier molecular flexibility index (Phi) is 63.7. The summed E-state index contributed by atoms with van der Waals surface area (Å²) in [4.78, 5) is 72.4. The Morgan fingerprint density at radius 2 is 0.554 bits per heavy atom. The van der Waals surface area contributed by atoms with Crippen LogP contribution in [0.2, 0.25) is 0 Å². The molecule has 0 aliphatic rings. The highest BCUT2D eigenvalue weighted by atomic mass is 31.2. The molecule has 0 spiro atoms. The van der Waals surface area contributed by atoms with E-state index >= 15 is 0 Å². The predicted octanol–water partition coefficient (Wildman–Crippen LogP) is 21.2. The standard InChI is InChI=1S/C73H142O17P2/c1-7-10-12-14-15-16-17-18-19-20-21-25-28-33-38-44-50-56-71(76)84-62-69(90-72(77)57-51-45-39-34-29-26-23-22-24-27-32-37-43-48-54-66(6)9-3)64-88-92(81,82)86-60-67(74)59-85-91(79,80)87-63-68(61-83-70(75)55-49-41-13-11-8-2)89-73(78)58-52-46-40-35-30-31-36-42-47-53-65(4)5/h65-69,74H,7-64H2,1-6H3,(H,79,80)(H,81,82)/t66?,67-,68+,69+/m0/s1. The van der Waals surface area contributed by atoms with Gasteiger partial charge in [-0.3, -0.25) is 37.3 Å². The summed E-state index contributed by atoms with van der Waals surface area (Å²) < 4.78 is 68.2. The predicted molar refractivity (Wildman–Crippen MR) is 372 cm³/mol. The van der Waals surface area contributed by atoms with Gasteiger partial charge in [-0.05, 0) is 37.5 Å². The van der Waals surface area contributed by atoms with Crippen LogP contribution in [0.25, 0.3) is 0 Å². The molecule has 92 heavy (non-hydrogen) atoms. The number of hydrogen-bond donors (Lipinski definition) is 3. The number of phosphoric ester groups is 2. The molecule has 0 aliphatic heterocycles. The van der Waals surface area contributed by atoms with E-state index in [2.05, 4.69) is 41.5 Å². The van der Waals surface area contributed by atoms with E-state index in [1.165, 1.54) is 186 Å². The summed E-state index contributed by atoms with van der Waals surface area (Å²) in [6, 6.07) is 0. The molecule has 0 fully saturated rings. The van der Waals surface area contributed by atoms with Crippen LogP contribution >= 0.6 is 15.6 Å². The van der Waals surface area contributed by atoms with Crippen LogP contribution in [0.15, 0.2) is 0 Å². The summed E-state index contributed by atoms with van der Waals surface area (Å²) in [6.07, 6.45) is 51.7. The van der Waals surface area contributed by atoms with Gasteiger partial charge >= 0.3 is 39.5 Å².